The number of nitrogens with one attached hydrogen (secondary N) is 2. The van der Waals surface area contributed by atoms with Crippen LogP contribution in [0.3, 0.4) is 0 Å². The molecule has 0 aliphatic carbocycles. The number of barbiturate groups is 1. The summed E-state index contributed by atoms with van der Waals surface area (Å²) in [7, 11) is 0. The predicted octanol–water partition coefficient (Wildman–Crippen LogP) is 1.11. The summed E-state index contributed by atoms with van der Waals surface area (Å²) >= 11 is 0. The third kappa shape index (κ3) is 4.47. The molecule has 2 fully saturated rings. The summed E-state index contributed by atoms with van der Waals surface area (Å²) in [6.45, 7) is 7.64. The Morgan fingerprint density at radius 1 is 1.14 bits per heavy atom. The van der Waals surface area contributed by atoms with Gasteiger partial charge >= 0.3 is 6.03 Å². The van der Waals surface area contributed by atoms with Gasteiger partial charge in [0.1, 0.15) is 0 Å². The smallest absolute Gasteiger partial charge is 0.333 e. The highest BCUT2D eigenvalue weighted by Crippen LogP contribution is 2.22. The summed E-state index contributed by atoms with van der Waals surface area (Å²) in [5, 5.41) is 2.32. The lowest BCUT2D eigenvalue weighted by atomic mass is 9.96. The number of hydrogen-bond acceptors (Lipinski definition) is 4. The number of quaternary nitrogens is 1. The Bertz CT molecular complexity index is 766. The lowest BCUT2D eigenvalue weighted by molar-refractivity contribution is -0.903. The molecule has 0 aromatic heterocycles. The minimum Gasteiger partial charge on any atom is -0.333 e. The Balaban J connectivity index is 1.76. The molecule has 2 saturated heterocycles. The van der Waals surface area contributed by atoms with E-state index in [9.17, 15) is 14.4 Å². The van der Waals surface area contributed by atoms with Crippen molar-refractivity contribution in [3.05, 3.63) is 29.8 Å². The summed E-state index contributed by atoms with van der Waals surface area (Å²) in [6, 6.07) is 6.38. The van der Waals surface area contributed by atoms with Crippen LogP contribution in [0.25, 0.3) is 0 Å². The lowest BCUT2D eigenvalue weighted by Crippen LogP contribution is -3.13. The van der Waals surface area contributed by atoms with Crippen molar-refractivity contribution in [3.8, 4) is 0 Å². The number of hydrogen-bond donors (Lipinski definition) is 2. The second-order valence-electron chi connectivity index (χ2n) is 7.52. The molecule has 0 radical (unpaired) electrons. The summed E-state index contributed by atoms with van der Waals surface area (Å²) < 4.78 is 0. The molecule has 1 unspecified atom stereocenters. The van der Waals surface area contributed by atoms with Crippen LogP contribution in [0.1, 0.15) is 38.2 Å². The minimum atomic E-state index is -1.04. The molecule has 7 heteroatoms. The molecule has 2 heterocycles. The Kier molecular flexibility index (Phi) is 6.57. The van der Waals surface area contributed by atoms with E-state index in [1.807, 2.05) is 26.0 Å². The Hall–Kier alpha value is -2.54. The van der Waals surface area contributed by atoms with E-state index >= 15 is 0 Å². The van der Waals surface area contributed by atoms with Gasteiger partial charge in [0.25, 0.3) is 5.91 Å². The minimum absolute atomic E-state index is 0.457. The first-order valence-corrected chi connectivity index (χ1v) is 10.1. The molecule has 1 aromatic carbocycles. The van der Waals surface area contributed by atoms with Gasteiger partial charge in [0.2, 0.25) is 5.91 Å². The molecule has 0 bridgehead atoms. The quantitative estimate of drug-likeness (QED) is 0.568. The number of carbonyl (C=O) groups excluding carboxylic acids is 3. The average molecular weight is 385 g/mol. The number of carbonyl (C=O) groups is 3. The first-order valence-electron chi connectivity index (χ1n) is 10.1. The number of piperidine rings is 1. The van der Waals surface area contributed by atoms with Crippen LogP contribution in [0.5, 0.6) is 0 Å². The predicted molar refractivity (Wildman–Crippen MR) is 108 cm³/mol. The van der Waals surface area contributed by atoms with Crippen molar-refractivity contribution in [3.63, 3.8) is 0 Å². The van der Waals surface area contributed by atoms with Crippen molar-refractivity contribution < 1.29 is 19.3 Å². The number of urea groups is 1. The van der Waals surface area contributed by atoms with E-state index in [4.69, 9.17) is 0 Å². The van der Waals surface area contributed by atoms with Crippen LogP contribution in [0.4, 0.5) is 10.5 Å². The first kappa shape index (κ1) is 20.2. The van der Waals surface area contributed by atoms with Crippen LogP contribution in [-0.4, -0.2) is 49.7 Å². The average Bonchev–Trinajstić information content (AvgIpc) is 2.68. The van der Waals surface area contributed by atoms with Crippen molar-refractivity contribution in [1.29, 1.82) is 0 Å². The van der Waals surface area contributed by atoms with Gasteiger partial charge in [-0.3, -0.25) is 19.9 Å². The SMILES string of the molecule is CCC(=NCC[NH+]1CCCCC1)C1C(=O)NC(=O)N(c2ccc(C)cc2)C1=O. The molecule has 1 atom stereocenters. The summed E-state index contributed by atoms with van der Waals surface area (Å²) in [4.78, 5) is 45.0. The van der Waals surface area contributed by atoms with Crippen molar-refractivity contribution in [1.82, 2.24) is 5.32 Å². The summed E-state index contributed by atoms with van der Waals surface area (Å²) in [5.74, 6) is -2.15. The van der Waals surface area contributed by atoms with Gasteiger partial charge in [-0.1, -0.05) is 24.6 Å². The van der Waals surface area contributed by atoms with Gasteiger partial charge < -0.3 is 4.90 Å². The van der Waals surface area contributed by atoms with E-state index in [1.54, 1.807) is 12.1 Å². The van der Waals surface area contributed by atoms with Crippen LogP contribution < -0.4 is 15.1 Å². The van der Waals surface area contributed by atoms with Crippen molar-refractivity contribution in [2.24, 2.45) is 10.9 Å². The van der Waals surface area contributed by atoms with E-state index in [-0.39, 0.29) is 0 Å². The lowest BCUT2D eigenvalue weighted by Gasteiger charge is -2.30. The third-order valence-corrected chi connectivity index (χ3v) is 5.49. The highest BCUT2D eigenvalue weighted by Gasteiger charge is 2.43. The maximum absolute atomic E-state index is 13.1. The van der Waals surface area contributed by atoms with Gasteiger partial charge in [0.05, 0.1) is 31.9 Å². The Morgan fingerprint density at radius 2 is 1.82 bits per heavy atom. The molecule has 2 aliphatic rings. The highest BCUT2D eigenvalue weighted by atomic mass is 16.2. The van der Waals surface area contributed by atoms with Crippen LogP contribution in [0.2, 0.25) is 0 Å². The molecule has 4 amide bonds. The number of amides is 4. The van der Waals surface area contributed by atoms with Gasteiger partial charge in [-0.25, -0.2) is 9.69 Å². The number of aryl methyl sites for hydroxylation is 1. The Labute approximate surface area is 165 Å². The normalized spacial score (nSPS) is 21.8. The van der Waals surface area contributed by atoms with Crippen molar-refractivity contribution >= 4 is 29.2 Å². The number of benzene rings is 1. The van der Waals surface area contributed by atoms with Gasteiger partial charge in [0.15, 0.2) is 5.92 Å². The van der Waals surface area contributed by atoms with Gasteiger partial charge in [-0.05, 0) is 44.7 Å². The van der Waals surface area contributed by atoms with Crippen LogP contribution in [-0.2, 0) is 9.59 Å². The first-order chi connectivity index (χ1) is 13.5. The maximum atomic E-state index is 13.1. The number of nitrogens with zero attached hydrogens (tertiary/aromatic N) is 2. The van der Waals surface area contributed by atoms with Crippen molar-refractivity contribution in [2.75, 3.05) is 31.1 Å². The van der Waals surface area contributed by atoms with Crippen LogP contribution >= 0.6 is 0 Å². The number of imide groups is 2. The fourth-order valence-corrected chi connectivity index (χ4v) is 3.87. The fourth-order valence-electron chi connectivity index (χ4n) is 3.87. The van der Waals surface area contributed by atoms with Crippen LogP contribution in [0.15, 0.2) is 29.3 Å². The molecule has 3 rings (SSSR count). The van der Waals surface area contributed by atoms with Crippen molar-refractivity contribution in [2.45, 2.75) is 39.5 Å². The maximum Gasteiger partial charge on any atom is 0.335 e. The van der Waals surface area contributed by atoms with E-state index in [2.05, 4.69) is 10.3 Å². The third-order valence-electron chi connectivity index (χ3n) is 5.49. The van der Waals surface area contributed by atoms with Gasteiger partial charge in [-0.2, -0.15) is 0 Å². The second kappa shape index (κ2) is 9.10. The molecule has 2 N–H and O–H groups in total. The largest absolute Gasteiger partial charge is 0.335 e. The molecule has 0 spiro atoms. The monoisotopic (exact) mass is 385 g/mol. The molecule has 1 aromatic rings. The summed E-state index contributed by atoms with van der Waals surface area (Å²) in [5.41, 5.74) is 2.03. The molecule has 150 valence electrons. The zero-order chi connectivity index (χ0) is 20.1. The van der Waals surface area contributed by atoms with E-state index in [0.29, 0.717) is 24.4 Å². The van der Waals surface area contributed by atoms with Gasteiger partial charge in [0, 0.05) is 5.71 Å². The zero-order valence-corrected chi connectivity index (χ0v) is 16.7. The molecule has 7 nitrogen and oxygen atoms in total. The number of anilines is 1. The fraction of sp³-hybridized carbons (Fsp3) is 0.524. The molecule has 28 heavy (non-hydrogen) atoms. The van der Waals surface area contributed by atoms with Gasteiger partial charge in [-0.15, -0.1) is 0 Å². The molecular formula is C21H29N4O3+. The van der Waals surface area contributed by atoms with E-state index in [1.165, 1.54) is 24.2 Å². The van der Waals surface area contributed by atoms with E-state index < -0.39 is 23.8 Å². The van der Waals surface area contributed by atoms with Crippen LogP contribution in [0, 0.1) is 12.8 Å². The zero-order valence-electron chi connectivity index (χ0n) is 16.7. The Morgan fingerprint density at radius 3 is 2.46 bits per heavy atom. The number of rotatable bonds is 6. The number of aliphatic imine (C=N–C) groups is 1. The molecule has 0 saturated carbocycles. The number of likely N-dealkylation sites (tertiary alicyclic amines) is 1. The topological polar surface area (TPSA) is 83.3 Å². The highest BCUT2D eigenvalue weighted by molar-refractivity contribution is 6.35. The molecule has 2 aliphatic heterocycles. The van der Waals surface area contributed by atoms with E-state index in [0.717, 1.165) is 30.1 Å². The second-order valence-corrected chi connectivity index (χ2v) is 7.52. The standard InChI is InChI=1S/C21H28N4O3/c1-3-17(22-11-14-24-12-5-4-6-13-24)18-19(26)23-21(28)25(20(18)27)16-9-7-15(2)8-10-16/h7-10,18H,3-6,11-14H2,1-2H3,(H,23,26,28)/p+1. The molecular weight excluding hydrogens is 356 g/mol. The summed E-state index contributed by atoms with van der Waals surface area (Å²) in [6.07, 6.45) is 4.29.